The molecular formula is C16H13ClN2O3S. The molecule has 0 unspecified atom stereocenters. The van der Waals surface area contributed by atoms with Crippen LogP contribution in [-0.2, 0) is 16.1 Å². The summed E-state index contributed by atoms with van der Waals surface area (Å²) >= 11 is 7.13. The number of hydrogen-bond donors (Lipinski definition) is 0. The molecular weight excluding hydrogens is 336 g/mol. The van der Waals surface area contributed by atoms with E-state index in [0.717, 1.165) is 20.2 Å². The van der Waals surface area contributed by atoms with E-state index in [2.05, 4.69) is 0 Å². The molecule has 0 radical (unpaired) electrons. The van der Waals surface area contributed by atoms with Crippen LogP contribution in [-0.4, -0.2) is 27.6 Å². The molecule has 1 aromatic carbocycles. The number of carbonyl (C=O) groups excluding carboxylic acids is 3. The molecule has 1 aliphatic rings. The van der Waals surface area contributed by atoms with Crippen LogP contribution in [0.3, 0.4) is 0 Å². The van der Waals surface area contributed by atoms with Crippen LogP contribution in [0.1, 0.15) is 23.4 Å². The number of thiophene rings is 1. The van der Waals surface area contributed by atoms with Gasteiger partial charge in [0.05, 0.1) is 16.9 Å². The van der Waals surface area contributed by atoms with Gasteiger partial charge in [0.15, 0.2) is 0 Å². The van der Waals surface area contributed by atoms with Crippen LogP contribution < -0.4 is 0 Å². The van der Waals surface area contributed by atoms with Gasteiger partial charge in [-0.2, -0.15) is 0 Å². The predicted octanol–water partition coefficient (Wildman–Crippen LogP) is 3.45. The predicted molar refractivity (Wildman–Crippen MR) is 87.0 cm³/mol. The highest BCUT2D eigenvalue weighted by molar-refractivity contribution is 7.16. The molecule has 1 saturated heterocycles. The van der Waals surface area contributed by atoms with Crippen LogP contribution in [0.2, 0.25) is 4.34 Å². The molecule has 7 heteroatoms. The highest BCUT2D eigenvalue weighted by Gasteiger charge is 2.46. The van der Waals surface area contributed by atoms with Crippen LogP contribution in [0.25, 0.3) is 0 Å². The number of nitrogens with zero attached hydrogens (tertiary/aromatic N) is 2. The summed E-state index contributed by atoms with van der Waals surface area (Å²) in [5.74, 6) is -1.60. The lowest BCUT2D eigenvalue weighted by molar-refractivity contribution is -0.144. The van der Waals surface area contributed by atoms with Crippen LogP contribution in [0.5, 0.6) is 0 Å². The number of imide groups is 2. The summed E-state index contributed by atoms with van der Waals surface area (Å²) < 4.78 is 0.569. The van der Waals surface area contributed by atoms with Gasteiger partial charge in [0, 0.05) is 4.88 Å². The Labute approximate surface area is 142 Å². The molecule has 4 amide bonds. The molecule has 5 nitrogen and oxygen atoms in total. The molecule has 118 valence electrons. The minimum Gasteiger partial charge on any atom is -0.263 e. The lowest BCUT2D eigenvalue weighted by Gasteiger charge is -2.22. The quantitative estimate of drug-likeness (QED) is 0.628. The summed E-state index contributed by atoms with van der Waals surface area (Å²) in [6.07, 6.45) is 0. The van der Waals surface area contributed by atoms with Crippen LogP contribution in [0, 0.1) is 0 Å². The first-order valence-corrected chi connectivity index (χ1v) is 8.16. The van der Waals surface area contributed by atoms with E-state index in [1.807, 2.05) is 30.3 Å². The number of urea groups is 1. The highest BCUT2D eigenvalue weighted by atomic mass is 35.5. The lowest BCUT2D eigenvalue weighted by Crippen LogP contribution is -2.34. The number of rotatable bonds is 4. The Morgan fingerprint density at radius 1 is 1.04 bits per heavy atom. The second-order valence-corrected chi connectivity index (χ2v) is 6.94. The van der Waals surface area contributed by atoms with E-state index in [-0.39, 0.29) is 6.54 Å². The molecule has 3 rings (SSSR count). The van der Waals surface area contributed by atoms with Crippen molar-refractivity contribution in [3.8, 4) is 0 Å². The van der Waals surface area contributed by atoms with E-state index in [4.69, 9.17) is 11.6 Å². The Bertz CT molecular complexity index is 775. The molecule has 1 atom stereocenters. The van der Waals surface area contributed by atoms with E-state index in [1.165, 1.54) is 11.3 Å². The summed E-state index contributed by atoms with van der Waals surface area (Å²) in [6.45, 7) is 1.78. The van der Waals surface area contributed by atoms with Crippen molar-refractivity contribution in [2.75, 3.05) is 0 Å². The van der Waals surface area contributed by atoms with Gasteiger partial charge < -0.3 is 0 Å². The maximum absolute atomic E-state index is 12.5. The lowest BCUT2D eigenvalue weighted by atomic mass is 10.1. The minimum atomic E-state index is -0.803. The van der Waals surface area contributed by atoms with Gasteiger partial charge in [0.25, 0.3) is 0 Å². The summed E-state index contributed by atoms with van der Waals surface area (Å²) in [4.78, 5) is 39.6. The Kier molecular flexibility index (Phi) is 4.19. The molecule has 0 N–H and O–H groups in total. The molecule has 0 saturated carbocycles. The zero-order valence-corrected chi connectivity index (χ0v) is 13.8. The second kappa shape index (κ2) is 6.14. The minimum absolute atomic E-state index is 0.0544. The topological polar surface area (TPSA) is 57.7 Å². The van der Waals surface area contributed by atoms with E-state index in [1.54, 1.807) is 19.1 Å². The van der Waals surface area contributed by atoms with Gasteiger partial charge in [-0.25, -0.2) is 9.69 Å². The van der Waals surface area contributed by atoms with Crippen molar-refractivity contribution in [2.45, 2.75) is 19.5 Å². The average Bonchev–Trinajstić information content (AvgIpc) is 3.05. The van der Waals surface area contributed by atoms with Crippen molar-refractivity contribution >= 4 is 40.8 Å². The number of carbonyl (C=O) groups is 3. The maximum atomic E-state index is 12.5. The second-order valence-electron chi connectivity index (χ2n) is 5.14. The first-order chi connectivity index (χ1) is 11.0. The van der Waals surface area contributed by atoms with Crippen molar-refractivity contribution in [1.29, 1.82) is 0 Å². The average molecular weight is 349 g/mol. The smallest absolute Gasteiger partial charge is 0.263 e. The molecule has 23 heavy (non-hydrogen) atoms. The van der Waals surface area contributed by atoms with Crippen LogP contribution in [0.15, 0.2) is 42.5 Å². The van der Waals surface area contributed by atoms with Crippen molar-refractivity contribution in [2.24, 2.45) is 0 Å². The van der Waals surface area contributed by atoms with Gasteiger partial charge in [-0.15, -0.1) is 11.3 Å². The Morgan fingerprint density at radius 2 is 1.74 bits per heavy atom. The van der Waals surface area contributed by atoms with E-state index < -0.39 is 23.9 Å². The van der Waals surface area contributed by atoms with Gasteiger partial charge in [-0.3, -0.25) is 14.5 Å². The van der Waals surface area contributed by atoms with Gasteiger partial charge in [-0.05, 0) is 24.6 Å². The van der Waals surface area contributed by atoms with Crippen molar-refractivity contribution in [1.82, 2.24) is 9.80 Å². The van der Waals surface area contributed by atoms with Gasteiger partial charge in [0.1, 0.15) is 0 Å². The molecule has 1 aromatic heterocycles. The van der Waals surface area contributed by atoms with E-state index in [9.17, 15) is 14.4 Å². The third-order valence-electron chi connectivity index (χ3n) is 3.70. The van der Waals surface area contributed by atoms with E-state index in [0.29, 0.717) is 4.34 Å². The molecule has 0 aliphatic carbocycles. The Hall–Kier alpha value is -2.18. The van der Waals surface area contributed by atoms with Gasteiger partial charge in [-0.1, -0.05) is 41.9 Å². The molecule has 1 aliphatic heterocycles. The standard InChI is InChI=1S/C16H13ClN2O3S/c1-10(11-5-3-2-4-6-11)19-15(21)14(20)18(16(19)22)9-12-7-8-13(17)23-12/h2-8,10H,9H2,1H3/t10-/m0/s1. The van der Waals surface area contributed by atoms with Crippen LogP contribution >= 0.6 is 22.9 Å². The zero-order chi connectivity index (χ0) is 16.6. The summed E-state index contributed by atoms with van der Waals surface area (Å²) in [7, 11) is 0. The molecule has 0 spiro atoms. The zero-order valence-electron chi connectivity index (χ0n) is 12.2. The third kappa shape index (κ3) is 2.87. The number of hydrogen-bond acceptors (Lipinski definition) is 4. The van der Waals surface area contributed by atoms with Crippen molar-refractivity contribution < 1.29 is 14.4 Å². The fraction of sp³-hybridized carbons (Fsp3) is 0.188. The Balaban J connectivity index is 1.85. The van der Waals surface area contributed by atoms with Gasteiger partial charge >= 0.3 is 17.8 Å². The monoisotopic (exact) mass is 348 g/mol. The first kappa shape index (κ1) is 15.7. The fourth-order valence-corrected chi connectivity index (χ4v) is 3.55. The summed E-state index contributed by atoms with van der Waals surface area (Å²) in [5, 5.41) is 0. The Morgan fingerprint density at radius 3 is 2.35 bits per heavy atom. The molecule has 0 bridgehead atoms. The SMILES string of the molecule is C[C@@H](c1ccccc1)N1C(=O)C(=O)N(Cc2ccc(Cl)s2)C1=O. The number of benzene rings is 1. The van der Waals surface area contributed by atoms with Crippen molar-refractivity contribution in [3.63, 3.8) is 0 Å². The molecule has 1 fully saturated rings. The molecule has 2 heterocycles. The van der Waals surface area contributed by atoms with Crippen molar-refractivity contribution in [3.05, 3.63) is 57.2 Å². The number of amides is 4. The van der Waals surface area contributed by atoms with Crippen LogP contribution in [0.4, 0.5) is 4.79 Å². The summed E-state index contributed by atoms with van der Waals surface area (Å²) in [5.41, 5.74) is 0.794. The largest absolute Gasteiger partial charge is 0.335 e. The fourth-order valence-electron chi connectivity index (χ4n) is 2.48. The number of halogens is 1. The van der Waals surface area contributed by atoms with E-state index >= 15 is 0 Å². The normalized spacial score (nSPS) is 16.3. The molecule has 2 aromatic rings. The third-order valence-corrected chi connectivity index (χ3v) is 4.91. The maximum Gasteiger partial charge on any atom is 0.335 e. The first-order valence-electron chi connectivity index (χ1n) is 6.97. The van der Waals surface area contributed by atoms with Gasteiger partial charge in [0.2, 0.25) is 0 Å². The summed E-state index contributed by atoms with van der Waals surface area (Å²) in [6, 6.07) is 11.5. The highest BCUT2D eigenvalue weighted by Crippen LogP contribution is 2.29.